The summed E-state index contributed by atoms with van der Waals surface area (Å²) in [5, 5.41) is 13.8. The minimum absolute atomic E-state index is 0.108. The van der Waals surface area contributed by atoms with Gasteiger partial charge in [0.25, 0.3) is 0 Å². The Kier molecular flexibility index (Phi) is 6.31. The average molecular weight is 282 g/mol. The van der Waals surface area contributed by atoms with E-state index in [4.69, 9.17) is 14.6 Å². The average Bonchev–Trinajstić information content (AvgIpc) is 2.45. The van der Waals surface area contributed by atoms with Gasteiger partial charge in [-0.15, -0.1) is 0 Å². The van der Waals surface area contributed by atoms with Crippen LogP contribution in [0.25, 0.3) is 0 Å². The number of hydrogen-bond acceptors (Lipinski definition) is 4. The molecule has 7 nitrogen and oxygen atoms in total. The number of carbonyl (C=O) groups excluding carboxylic acids is 1. The topological polar surface area (TPSA) is 96.9 Å². The maximum absolute atomic E-state index is 11.5. The van der Waals surface area contributed by atoms with E-state index in [-0.39, 0.29) is 13.1 Å². The van der Waals surface area contributed by atoms with Gasteiger partial charge >= 0.3 is 12.0 Å². The summed E-state index contributed by atoms with van der Waals surface area (Å²) in [7, 11) is 2.82. The maximum Gasteiger partial charge on any atom is 0.334 e. The lowest BCUT2D eigenvalue weighted by molar-refractivity contribution is -0.147. The Hall–Kier alpha value is -2.28. The lowest BCUT2D eigenvalue weighted by Gasteiger charge is -2.13. The van der Waals surface area contributed by atoms with E-state index in [1.54, 1.807) is 13.2 Å². The monoisotopic (exact) mass is 282 g/mol. The van der Waals surface area contributed by atoms with Crippen molar-refractivity contribution in [2.75, 3.05) is 20.8 Å². The molecule has 1 aromatic carbocycles. The number of carbonyl (C=O) groups is 2. The Labute approximate surface area is 116 Å². The molecule has 0 fully saturated rings. The summed E-state index contributed by atoms with van der Waals surface area (Å²) in [6.45, 7) is 0.171. The van der Waals surface area contributed by atoms with Gasteiger partial charge in [-0.05, 0) is 6.07 Å². The van der Waals surface area contributed by atoms with Crippen LogP contribution in [0.2, 0.25) is 0 Å². The van der Waals surface area contributed by atoms with Crippen LogP contribution in [0.1, 0.15) is 5.56 Å². The molecule has 1 unspecified atom stereocenters. The van der Waals surface area contributed by atoms with Crippen LogP contribution in [0, 0.1) is 0 Å². The standard InChI is InChI=1S/C13H18N2O5/c1-19-10-6-4-3-5-9(10)7-14-13(18)15-8-11(20-2)12(16)17/h3-6,11H,7-8H2,1-2H3,(H,16,17)(H2,14,15,18). The molecular formula is C13H18N2O5. The number of rotatable bonds is 7. The maximum atomic E-state index is 11.5. The second-order valence-electron chi connectivity index (χ2n) is 3.94. The summed E-state index contributed by atoms with van der Waals surface area (Å²) < 4.78 is 9.85. The molecule has 0 saturated heterocycles. The minimum Gasteiger partial charge on any atom is -0.496 e. The van der Waals surface area contributed by atoms with Gasteiger partial charge in [-0.25, -0.2) is 9.59 Å². The first-order valence-electron chi connectivity index (χ1n) is 5.97. The number of amides is 2. The Bertz CT molecular complexity index is 464. The number of nitrogens with one attached hydrogen (secondary N) is 2. The highest BCUT2D eigenvalue weighted by Crippen LogP contribution is 2.16. The lowest BCUT2D eigenvalue weighted by Crippen LogP contribution is -2.42. The summed E-state index contributed by atoms with van der Waals surface area (Å²) in [6, 6.07) is 6.81. The van der Waals surface area contributed by atoms with E-state index in [0.717, 1.165) is 5.56 Å². The molecule has 2 amide bonds. The first-order valence-corrected chi connectivity index (χ1v) is 5.97. The SMILES string of the molecule is COc1ccccc1CNC(=O)NCC(OC)C(=O)O. The van der Waals surface area contributed by atoms with Gasteiger partial charge in [0.2, 0.25) is 0 Å². The molecule has 7 heteroatoms. The number of aliphatic carboxylic acids is 1. The van der Waals surface area contributed by atoms with Crippen molar-refractivity contribution in [1.82, 2.24) is 10.6 Å². The first-order chi connectivity index (χ1) is 9.58. The number of para-hydroxylation sites is 1. The fraction of sp³-hybridized carbons (Fsp3) is 0.385. The highest BCUT2D eigenvalue weighted by molar-refractivity contribution is 5.76. The molecule has 20 heavy (non-hydrogen) atoms. The smallest absolute Gasteiger partial charge is 0.334 e. The van der Waals surface area contributed by atoms with E-state index in [0.29, 0.717) is 5.75 Å². The normalized spacial score (nSPS) is 11.5. The number of carboxylic acids is 1. The van der Waals surface area contributed by atoms with E-state index in [1.165, 1.54) is 7.11 Å². The van der Waals surface area contributed by atoms with Crippen molar-refractivity contribution in [3.05, 3.63) is 29.8 Å². The Balaban J connectivity index is 2.42. The van der Waals surface area contributed by atoms with Crippen molar-refractivity contribution in [2.45, 2.75) is 12.6 Å². The van der Waals surface area contributed by atoms with Gasteiger partial charge in [-0.3, -0.25) is 0 Å². The summed E-state index contributed by atoms with van der Waals surface area (Å²) in [5.41, 5.74) is 0.826. The third kappa shape index (κ3) is 4.77. The molecule has 3 N–H and O–H groups in total. The van der Waals surface area contributed by atoms with Crippen LogP contribution in [0.15, 0.2) is 24.3 Å². The van der Waals surface area contributed by atoms with Crippen molar-refractivity contribution in [1.29, 1.82) is 0 Å². The summed E-state index contributed by atoms with van der Waals surface area (Å²) in [5.74, 6) is -0.453. The van der Waals surface area contributed by atoms with Gasteiger partial charge in [0.05, 0.1) is 13.7 Å². The van der Waals surface area contributed by atoms with Gasteiger partial charge in [0.1, 0.15) is 5.75 Å². The summed E-state index contributed by atoms with van der Waals surface area (Å²) in [6.07, 6.45) is -1.06. The molecule has 0 aromatic heterocycles. The zero-order valence-corrected chi connectivity index (χ0v) is 11.4. The fourth-order valence-corrected chi connectivity index (χ4v) is 1.54. The zero-order chi connectivity index (χ0) is 15.0. The highest BCUT2D eigenvalue weighted by Gasteiger charge is 2.16. The molecule has 0 aliphatic carbocycles. The van der Waals surface area contributed by atoms with Crippen molar-refractivity contribution in [2.24, 2.45) is 0 Å². The van der Waals surface area contributed by atoms with Gasteiger partial charge < -0.3 is 25.2 Å². The van der Waals surface area contributed by atoms with Crippen LogP contribution in [0.4, 0.5) is 4.79 Å². The molecular weight excluding hydrogens is 264 g/mol. The van der Waals surface area contributed by atoms with Crippen LogP contribution < -0.4 is 15.4 Å². The van der Waals surface area contributed by atoms with Gasteiger partial charge in [-0.2, -0.15) is 0 Å². The molecule has 0 aliphatic rings. The van der Waals surface area contributed by atoms with Crippen LogP contribution in [-0.4, -0.2) is 44.0 Å². The Morgan fingerprint density at radius 1 is 1.25 bits per heavy atom. The van der Waals surface area contributed by atoms with E-state index >= 15 is 0 Å². The predicted octanol–water partition coefficient (Wildman–Crippen LogP) is 0.594. The largest absolute Gasteiger partial charge is 0.496 e. The molecule has 0 saturated carbocycles. The van der Waals surface area contributed by atoms with E-state index in [1.807, 2.05) is 18.2 Å². The molecule has 0 aliphatic heterocycles. The molecule has 110 valence electrons. The van der Waals surface area contributed by atoms with Crippen LogP contribution in [0.5, 0.6) is 5.75 Å². The highest BCUT2D eigenvalue weighted by atomic mass is 16.5. The molecule has 1 aromatic rings. The first kappa shape index (κ1) is 15.8. The van der Waals surface area contributed by atoms with Gasteiger partial charge in [0.15, 0.2) is 6.10 Å². The third-order valence-corrected chi connectivity index (χ3v) is 2.64. The van der Waals surface area contributed by atoms with Crippen molar-refractivity contribution < 1.29 is 24.2 Å². The summed E-state index contributed by atoms with van der Waals surface area (Å²) in [4.78, 5) is 22.2. The number of urea groups is 1. The third-order valence-electron chi connectivity index (χ3n) is 2.64. The molecule has 0 radical (unpaired) electrons. The van der Waals surface area contributed by atoms with Crippen LogP contribution in [0.3, 0.4) is 0 Å². The molecule has 0 heterocycles. The second-order valence-corrected chi connectivity index (χ2v) is 3.94. The second kappa shape index (κ2) is 8.00. The fourth-order valence-electron chi connectivity index (χ4n) is 1.54. The van der Waals surface area contributed by atoms with E-state index in [2.05, 4.69) is 10.6 Å². The number of ether oxygens (including phenoxy) is 2. The quantitative estimate of drug-likeness (QED) is 0.680. The van der Waals surface area contributed by atoms with E-state index < -0.39 is 18.1 Å². The van der Waals surface area contributed by atoms with Gasteiger partial charge in [0, 0.05) is 19.2 Å². The lowest BCUT2D eigenvalue weighted by atomic mass is 10.2. The zero-order valence-electron chi connectivity index (χ0n) is 11.4. The molecule has 1 atom stereocenters. The molecule has 1 rings (SSSR count). The van der Waals surface area contributed by atoms with Crippen LogP contribution >= 0.6 is 0 Å². The number of carboxylic acid groups (broad SMARTS) is 1. The van der Waals surface area contributed by atoms with Crippen LogP contribution in [-0.2, 0) is 16.1 Å². The summed E-state index contributed by atoms with van der Waals surface area (Å²) >= 11 is 0. The Morgan fingerprint density at radius 2 is 1.95 bits per heavy atom. The predicted molar refractivity (Wildman–Crippen MR) is 71.7 cm³/mol. The van der Waals surface area contributed by atoms with E-state index in [9.17, 15) is 9.59 Å². The van der Waals surface area contributed by atoms with Crippen molar-refractivity contribution in [3.8, 4) is 5.75 Å². The minimum atomic E-state index is -1.13. The number of hydrogen-bond donors (Lipinski definition) is 3. The van der Waals surface area contributed by atoms with Crippen molar-refractivity contribution >= 4 is 12.0 Å². The van der Waals surface area contributed by atoms with Gasteiger partial charge in [-0.1, -0.05) is 18.2 Å². The number of benzene rings is 1. The molecule has 0 bridgehead atoms. The number of methoxy groups -OCH3 is 2. The van der Waals surface area contributed by atoms with Crippen molar-refractivity contribution in [3.63, 3.8) is 0 Å². The Morgan fingerprint density at radius 3 is 2.55 bits per heavy atom. The molecule has 0 spiro atoms.